The van der Waals surface area contributed by atoms with Gasteiger partial charge >= 0.3 is 0 Å². The Kier molecular flexibility index (Phi) is 11.4. The van der Waals surface area contributed by atoms with Crippen LogP contribution in [-0.4, -0.2) is 37.7 Å². The molecule has 6 nitrogen and oxygen atoms in total. The Morgan fingerprint density at radius 1 is 1.29 bits per heavy atom. The van der Waals surface area contributed by atoms with Crippen LogP contribution in [-0.2, 0) is 16.1 Å². The largest absolute Gasteiger partial charge is 0.368 e. The SMILES string of the molecule is CN=C(NCc1cccc(NC(=O)C2CCCO2)c1)NC(C)CCC(C)C.I. The highest BCUT2D eigenvalue weighted by Crippen LogP contribution is 2.16. The maximum absolute atomic E-state index is 12.2. The molecule has 2 unspecified atom stereocenters. The minimum absolute atomic E-state index is 0. The molecule has 0 spiro atoms. The maximum Gasteiger partial charge on any atom is 0.253 e. The van der Waals surface area contributed by atoms with Crippen molar-refractivity contribution in [3.8, 4) is 0 Å². The summed E-state index contributed by atoms with van der Waals surface area (Å²) in [5.74, 6) is 1.44. The molecule has 1 aliphatic heterocycles. The third kappa shape index (κ3) is 8.77. The molecule has 1 fully saturated rings. The molecule has 28 heavy (non-hydrogen) atoms. The zero-order valence-corrected chi connectivity index (χ0v) is 19.8. The van der Waals surface area contributed by atoms with Crippen molar-refractivity contribution in [2.45, 2.75) is 65.1 Å². The molecule has 0 radical (unpaired) electrons. The highest BCUT2D eigenvalue weighted by Gasteiger charge is 2.23. The van der Waals surface area contributed by atoms with Gasteiger partial charge in [0, 0.05) is 31.9 Å². The van der Waals surface area contributed by atoms with Crippen LogP contribution in [0.25, 0.3) is 0 Å². The normalized spacial score (nSPS) is 17.8. The number of rotatable bonds is 8. The molecule has 1 aromatic carbocycles. The molecule has 3 N–H and O–H groups in total. The zero-order chi connectivity index (χ0) is 19.6. The Hall–Kier alpha value is -1.35. The van der Waals surface area contributed by atoms with E-state index in [-0.39, 0.29) is 36.0 Å². The summed E-state index contributed by atoms with van der Waals surface area (Å²) in [6.45, 7) is 7.97. The van der Waals surface area contributed by atoms with Gasteiger partial charge in [-0.3, -0.25) is 9.79 Å². The number of hydrogen-bond acceptors (Lipinski definition) is 3. The van der Waals surface area contributed by atoms with Crippen molar-refractivity contribution in [2.75, 3.05) is 19.0 Å². The molecule has 2 atom stereocenters. The van der Waals surface area contributed by atoms with E-state index in [1.54, 1.807) is 7.05 Å². The van der Waals surface area contributed by atoms with E-state index in [0.29, 0.717) is 25.1 Å². The second kappa shape index (κ2) is 13.0. The summed E-state index contributed by atoms with van der Waals surface area (Å²) in [4.78, 5) is 16.5. The fourth-order valence-electron chi connectivity index (χ4n) is 3.04. The van der Waals surface area contributed by atoms with E-state index in [1.165, 1.54) is 6.42 Å². The lowest BCUT2D eigenvalue weighted by Crippen LogP contribution is -2.41. The van der Waals surface area contributed by atoms with E-state index in [4.69, 9.17) is 4.74 Å². The van der Waals surface area contributed by atoms with Crippen molar-refractivity contribution in [1.82, 2.24) is 10.6 Å². The molecular weight excluding hydrogens is 467 g/mol. The fraction of sp³-hybridized carbons (Fsp3) is 0.619. The molecule has 158 valence electrons. The molecule has 7 heteroatoms. The zero-order valence-electron chi connectivity index (χ0n) is 17.5. The first-order valence-electron chi connectivity index (χ1n) is 9.96. The van der Waals surface area contributed by atoms with Crippen LogP contribution in [0.1, 0.15) is 52.0 Å². The first-order valence-corrected chi connectivity index (χ1v) is 9.96. The van der Waals surface area contributed by atoms with E-state index < -0.39 is 0 Å². The van der Waals surface area contributed by atoms with Crippen LogP contribution in [0.4, 0.5) is 5.69 Å². The number of carbonyl (C=O) groups is 1. The van der Waals surface area contributed by atoms with Crippen molar-refractivity contribution < 1.29 is 9.53 Å². The van der Waals surface area contributed by atoms with Crippen molar-refractivity contribution in [1.29, 1.82) is 0 Å². The molecule has 0 saturated carbocycles. The van der Waals surface area contributed by atoms with Gasteiger partial charge in [-0.15, -0.1) is 24.0 Å². The van der Waals surface area contributed by atoms with Crippen molar-refractivity contribution in [2.24, 2.45) is 10.9 Å². The van der Waals surface area contributed by atoms with Gasteiger partial charge in [0.1, 0.15) is 6.10 Å². The number of nitrogens with one attached hydrogen (secondary N) is 3. The van der Waals surface area contributed by atoms with Crippen LogP contribution in [0.3, 0.4) is 0 Å². The van der Waals surface area contributed by atoms with Gasteiger partial charge in [-0.25, -0.2) is 0 Å². The molecule has 1 aliphatic rings. The first-order chi connectivity index (χ1) is 13.0. The topological polar surface area (TPSA) is 74.8 Å². The van der Waals surface area contributed by atoms with Gasteiger partial charge in [0.25, 0.3) is 5.91 Å². The second-order valence-corrected chi connectivity index (χ2v) is 7.63. The van der Waals surface area contributed by atoms with Gasteiger partial charge in [-0.1, -0.05) is 26.0 Å². The molecular formula is C21H35IN4O2. The summed E-state index contributed by atoms with van der Waals surface area (Å²) < 4.78 is 5.43. The number of hydrogen-bond donors (Lipinski definition) is 3. The molecule has 1 saturated heterocycles. The van der Waals surface area contributed by atoms with E-state index >= 15 is 0 Å². The Labute approximate surface area is 186 Å². The first kappa shape index (κ1) is 24.7. The average molecular weight is 502 g/mol. The summed E-state index contributed by atoms with van der Waals surface area (Å²) in [6.07, 6.45) is 3.73. The standard InChI is InChI=1S/C21H34N4O2.HI/c1-15(2)10-11-16(3)24-21(22-4)23-14-17-7-5-8-18(13-17)25-20(26)19-9-6-12-27-19;/h5,7-8,13,15-16,19H,6,9-12,14H2,1-4H3,(H,25,26)(H2,22,23,24);1H. The summed E-state index contributed by atoms with van der Waals surface area (Å²) >= 11 is 0. The van der Waals surface area contributed by atoms with Gasteiger partial charge in [-0.05, 0) is 56.2 Å². The summed E-state index contributed by atoms with van der Waals surface area (Å²) in [7, 11) is 1.78. The third-order valence-electron chi connectivity index (χ3n) is 4.66. The average Bonchev–Trinajstić information content (AvgIpc) is 3.18. The highest BCUT2D eigenvalue weighted by molar-refractivity contribution is 14.0. The minimum Gasteiger partial charge on any atom is -0.368 e. The number of guanidine groups is 1. The van der Waals surface area contributed by atoms with E-state index in [0.717, 1.165) is 36.5 Å². The van der Waals surface area contributed by atoms with Crippen LogP contribution in [0.15, 0.2) is 29.3 Å². The Bertz CT molecular complexity index is 631. The number of nitrogens with zero attached hydrogens (tertiary/aromatic N) is 1. The van der Waals surface area contributed by atoms with Gasteiger partial charge in [-0.2, -0.15) is 0 Å². The van der Waals surface area contributed by atoms with Crippen LogP contribution in [0.5, 0.6) is 0 Å². The number of anilines is 1. The summed E-state index contributed by atoms with van der Waals surface area (Å²) in [6, 6.07) is 8.23. The lowest BCUT2D eigenvalue weighted by molar-refractivity contribution is -0.124. The van der Waals surface area contributed by atoms with Gasteiger partial charge in [0.05, 0.1) is 0 Å². The van der Waals surface area contributed by atoms with Crippen LogP contribution >= 0.6 is 24.0 Å². The number of halogens is 1. The molecule has 2 rings (SSSR count). The van der Waals surface area contributed by atoms with Gasteiger partial charge in [0.15, 0.2) is 5.96 Å². The van der Waals surface area contributed by atoms with Crippen molar-refractivity contribution in [3.05, 3.63) is 29.8 Å². The van der Waals surface area contributed by atoms with Crippen molar-refractivity contribution in [3.63, 3.8) is 0 Å². The van der Waals surface area contributed by atoms with E-state index in [1.807, 2.05) is 24.3 Å². The van der Waals surface area contributed by atoms with Crippen molar-refractivity contribution >= 4 is 41.5 Å². The van der Waals surface area contributed by atoms with Crippen LogP contribution in [0.2, 0.25) is 0 Å². The number of ether oxygens (including phenoxy) is 1. The second-order valence-electron chi connectivity index (χ2n) is 7.63. The molecule has 1 amide bonds. The van der Waals surface area contributed by atoms with Crippen LogP contribution in [0, 0.1) is 5.92 Å². The molecule has 1 heterocycles. The Balaban J connectivity index is 0.00000392. The van der Waals surface area contributed by atoms with E-state index in [2.05, 4.69) is 41.7 Å². The Morgan fingerprint density at radius 3 is 2.71 bits per heavy atom. The number of benzene rings is 1. The molecule has 0 aliphatic carbocycles. The smallest absolute Gasteiger partial charge is 0.253 e. The maximum atomic E-state index is 12.2. The molecule has 0 bridgehead atoms. The van der Waals surface area contributed by atoms with E-state index in [9.17, 15) is 4.79 Å². The van der Waals surface area contributed by atoms with Crippen LogP contribution < -0.4 is 16.0 Å². The molecule has 0 aromatic heterocycles. The fourth-order valence-corrected chi connectivity index (χ4v) is 3.04. The Morgan fingerprint density at radius 2 is 2.07 bits per heavy atom. The lowest BCUT2D eigenvalue weighted by atomic mass is 10.0. The predicted molar refractivity (Wildman–Crippen MR) is 126 cm³/mol. The highest BCUT2D eigenvalue weighted by atomic mass is 127. The molecule has 1 aromatic rings. The lowest BCUT2D eigenvalue weighted by Gasteiger charge is -2.19. The number of aliphatic imine (C=N–C) groups is 1. The van der Waals surface area contributed by atoms with Gasteiger partial charge in [0.2, 0.25) is 0 Å². The summed E-state index contributed by atoms with van der Waals surface area (Å²) in [5, 5.41) is 9.72. The monoisotopic (exact) mass is 502 g/mol. The quantitative estimate of drug-likeness (QED) is 0.286. The summed E-state index contributed by atoms with van der Waals surface area (Å²) in [5.41, 5.74) is 1.88. The predicted octanol–water partition coefficient (Wildman–Crippen LogP) is 3.91. The number of amides is 1. The van der Waals surface area contributed by atoms with Gasteiger partial charge < -0.3 is 20.7 Å². The number of carbonyl (C=O) groups excluding carboxylic acids is 1. The third-order valence-corrected chi connectivity index (χ3v) is 4.66. The minimum atomic E-state index is -0.317.